The fourth-order valence-electron chi connectivity index (χ4n) is 1.54. The van der Waals surface area contributed by atoms with E-state index in [1.807, 2.05) is 37.3 Å². The average Bonchev–Trinajstić information content (AvgIpc) is 2.36. The second-order valence-electron chi connectivity index (χ2n) is 4.23. The highest BCUT2D eigenvalue weighted by Gasteiger charge is 2.06. The molecule has 18 heavy (non-hydrogen) atoms. The van der Waals surface area contributed by atoms with E-state index in [1.165, 1.54) is 7.11 Å². The van der Waals surface area contributed by atoms with E-state index in [0.29, 0.717) is 13.2 Å². The molecule has 0 aliphatic rings. The molecule has 0 fully saturated rings. The number of amides is 1. The first-order chi connectivity index (χ1) is 8.72. The molecule has 100 valence electrons. The second-order valence-corrected chi connectivity index (χ2v) is 4.23. The Labute approximate surface area is 108 Å². The summed E-state index contributed by atoms with van der Waals surface area (Å²) >= 11 is 0. The molecule has 0 bridgehead atoms. The summed E-state index contributed by atoms with van der Waals surface area (Å²) in [7, 11) is 1.51. The molecule has 1 rings (SSSR count). The van der Waals surface area contributed by atoms with Crippen molar-refractivity contribution in [2.75, 3.05) is 20.3 Å². The molecule has 0 unspecified atom stereocenters. The summed E-state index contributed by atoms with van der Waals surface area (Å²) in [5.41, 5.74) is 1.16. The van der Waals surface area contributed by atoms with Gasteiger partial charge in [-0.15, -0.1) is 0 Å². The van der Waals surface area contributed by atoms with Gasteiger partial charge in [0.2, 0.25) is 5.91 Å². The molecule has 0 saturated heterocycles. The Morgan fingerprint density at radius 3 is 2.72 bits per heavy atom. The van der Waals surface area contributed by atoms with Crippen LogP contribution in [0.5, 0.6) is 0 Å². The van der Waals surface area contributed by atoms with E-state index in [-0.39, 0.29) is 18.6 Å². The van der Waals surface area contributed by atoms with Crippen LogP contribution in [0.15, 0.2) is 30.3 Å². The van der Waals surface area contributed by atoms with Gasteiger partial charge in [0, 0.05) is 19.8 Å². The second kappa shape index (κ2) is 8.66. The van der Waals surface area contributed by atoms with Gasteiger partial charge in [0.25, 0.3) is 0 Å². The summed E-state index contributed by atoms with van der Waals surface area (Å²) in [5, 5.41) is 2.84. The van der Waals surface area contributed by atoms with Gasteiger partial charge in [-0.1, -0.05) is 30.3 Å². The van der Waals surface area contributed by atoms with Gasteiger partial charge in [-0.05, 0) is 18.9 Å². The minimum Gasteiger partial charge on any atom is -0.377 e. The number of benzene rings is 1. The van der Waals surface area contributed by atoms with Crippen LogP contribution in [-0.2, 0) is 20.9 Å². The van der Waals surface area contributed by atoms with Crippen LogP contribution in [0, 0.1) is 0 Å². The number of nitrogens with one attached hydrogen (secondary N) is 1. The van der Waals surface area contributed by atoms with Crippen LogP contribution in [0.25, 0.3) is 0 Å². The molecule has 1 N–H and O–H groups in total. The molecular formula is C14H21NO3. The zero-order valence-corrected chi connectivity index (χ0v) is 11.0. The van der Waals surface area contributed by atoms with Gasteiger partial charge in [-0.25, -0.2) is 0 Å². The first kappa shape index (κ1) is 14.7. The number of ether oxygens (including phenoxy) is 2. The summed E-state index contributed by atoms with van der Waals surface area (Å²) in [6.45, 7) is 3.30. The lowest BCUT2D eigenvalue weighted by atomic mass is 10.2. The molecule has 0 aliphatic heterocycles. The van der Waals surface area contributed by atoms with E-state index in [9.17, 15) is 4.79 Å². The van der Waals surface area contributed by atoms with E-state index in [0.717, 1.165) is 12.0 Å². The Morgan fingerprint density at radius 2 is 2.06 bits per heavy atom. The van der Waals surface area contributed by atoms with Crippen LogP contribution in [0.2, 0.25) is 0 Å². The number of rotatable bonds is 8. The Hall–Kier alpha value is -1.39. The first-order valence-electron chi connectivity index (χ1n) is 6.12. The average molecular weight is 251 g/mol. The monoisotopic (exact) mass is 251 g/mol. The summed E-state index contributed by atoms with van der Waals surface area (Å²) in [4.78, 5) is 11.2. The highest BCUT2D eigenvalue weighted by Crippen LogP contribution is 2.01. The third kappa shape index (κ3) is 6.37. The Kier molecular flexibility index (Phi) is 7.06. The van der Waals surface area contributed by atoms with E-state index in [2.05, 4.69) is 5.32 Å². The van der Waals surface area contributed by atoms with Crippen LogP contribution in [0.1, 0.15) is 18.9 Å². The third-order valence-electron chi connectivity index (χ3n) is 2.49. The Bertz CT molecular complexity index is 340. The molecule has 4 heteroatoms. The van der Waals surface area contributed by atoms with Gasteiger partial charge >= 0.3 is 0 Å². The number of carbonyl (C=O) groups is 1. The maximum absolute atomic E-state index is 11.2. The normalized spacial score (nSPS) is 12.1. The molecule has 1 aromatic rings. The van der Waals surface area contributed by atoms with Crippen molar-refractivity contribution in [3.8, 4) is 0 Å². The molecule has 4 nitrogen and oxygen atoms in total. The van der Waals surface area contributed by atoms with Gasteiger partial charge < -0.3 is 14.8 Å². The van der Waals surface area contributed by atoms with Crippen LogP contribution in [-0.4, -0.2) is 32.3 Å². The van der Waals surface area contributed by atoms with Crippen molar-refractivity contribution < 1.29 is 14.3 Å². The van der Waals surface area contributed by atoms with Gasteiger partial charge in [0.1, 0.15) is 6.61 Å². The van der Waals surface area contributed by atoms with Crippen molar-refractivity contribution in [2.24, 2.45) is 0 Å². The number of carbonyl (C=O) groups excluding carboxylic acids is 1. The zero-order valence-electron chi connectivity index (χ0n) is 11.0. The fourth-order valence-corrected chi connectivity index (χ4v) is 1.54. The summed E-state index contributed by atoms with van der Waals surface area (Å²) in [6, 6.07) is 10.1. The van der Waals surface area contributed by atoms with Crippen molar-refractivity contribution in [1.29, 1.82) is 0 Å². The van der Waals surface area contributed by atoms with E-state index in [4.69, 9.17) is 9.47 Å². The van der Waals surface area contributed by atoms with Crippen molar-refractivity contribution >= 4 is 5.91 Å². The zero-order chi connectivity index (χ0) is 13.2. The molecule has 0 saturated carbocycles. The lowest BCUT2D eigenvalue weighted by Gasteiger charge is -2.13. The largest absolute Gasteiger partial charge is 0.377 e. The highest BCUT2D eigenvalue weighted by molar-refractivity contribution is 5.77. The molecule has 0 aliphatic carbocycles. The standard InChI is InChI=1S/C14H21NO3/c1-12(15-14(16)11-17-2)8-9-18-10-13-6-4-3-5-7-13/h3-7,12H,8-11H2,1-2H3,(H,15,16)/t12-/m1/s1. The van der Waals surface area contributed by atoms with Crippen LogP contribution >= 0.6 is 0 Å². The molecular weight excluding hydrogens is 230 g/mol. The SMILES string of the molecule is COCC(=O)N[C@H](C)CCOCc1ccccc1. The summed E-state index contributed by atoms with van der Waals surface area (Å²) < 4.78 is 10.3. The van der Waals surface area contributed by atoms with E-state index < -0.39 is 0 Å². The predicted octanol–water partition coefficient (Wildman–Crippen LogP) is 1.74. The molecule has 0 aromatic heterocycles. The van der Waals surface area contributed by atoms with Crippen molar-refractivity contribution in [3.05, 3.63) is 35.9 Å². The minimum atomic E-state index is -0.0898. The maximum atomic E-state index is 11.2. The molecule has 1 atom stereocenters. The maximum Gasteiger partial charge on any atom is 0.246 e. The lowest BCUT2D eigenvalue weighted by molar-refractivity contribution is -0.125. The van der Waals surface area contributed by atoms with Crippen LogP contribution < -0.4 is 5.32 Å². The summed E-state index contributed by atoms with van der Waals surface area (Å²) in [6.07, 6.45) is 0.794. The quantitative estimate of drug-likeness (QED) is 0.716. The third-order valence-corrected chi connectivity index (χ3v) is 2.49. The Balaban J connectivity index is 2.09. The highest BCUT2D eigenvalue weighted by atomic mass is 16.5. The van der Waals surface area contributed by atoms with Crippen LogP contribution in [0.4, 0.5) is 0 Å². The molecule has 0 spiro atoms. The van der Waals surface area contributed by atoms with Crippen molar-refractivity contribution in [2.45, 2.75) is 26.0 Å². The minimum absolute atomic E-state index is 0.0898. The fraction of sp³-hybridized carbons (Fsp3) is 0.500. The molecule has 0 radical (unpaired) electrons. The topological polar surface area (TPSA) is 47.6 Å². The van der Waals surface area contributed by atoms with Crippen molar-refractivity contribution in [3.63, 3.8) is 0 Å². The number of hydrogen-bond acceptors (Lipinski definition) is 3. The Morgan fingerprint density at radius 1 is 1.33 bits per heavy atom. The van der Waals surface area contributed by atoms with Gasteiger partial charge in [0.05, 0.1) is 6.61 Å². The molecule has 0 heterocycles. The van der Waals surface area contributed by atoms with Gasteiger partial charge in [-0.2, -0.15) is 0 Å². The number of hydrogen-bond donors (Lipinski definition) is 1. The van der Waals surface area contributed by atoms with E-state index in [1.54, 1.807) is 0 Å². The van der Waals surface area contributed by atoms with Crippen LogP contribution in [0.3, 0.4) is 0 Å². The van der Waals surface area contributed by atoms with E-state index >= 15 is 0 Å². The number of methoxy groups -OCH3 is 1. The van der Waals surface area contributed by atoms with Gasteiger partial charge in [-0.3, -0.25) is 4.79 Å². The van der Waals surface area contributed by atoms with Gasteiger partial charge in [0.15, 0.2) is 0 Å². The predicted molar refractivity (Wildman–Crippen MR) is 70.2 cm³/mol. The smallest absolute Gasteiger partial charge is 0.246 e. The van der Waals surface area contributed by atoms with Crippen molar-refractivity contribution in [1.82, 2.24) is 5.32 Å². The first-order valence-corrected chi connectivity index (χ1v) is 6.12. The lowest BCUT2D eigenvalue weighted by Crippen LogP contribution is -2.35. The molecule has 1 aromatic carbocycles. The summed E-state index contributed by atoms with van der Waals surface area (Å²) in [5.74, 6) is -0.0898. The molecule has 1 amide bonds.